The average Bonchev–Trinajstić information content (AvgIpc) is 2.66. The molecule has 0 aromatic heterocycles. The van der Waals surface area contributed by atoms with Crippen molar-refractivity contribution in [2.45, 2.75) is 25.3 Å². The van der Waals surface area contributed by atoms with E-state index in [2.05, 4.69) is 6.92 Å². The Labute approximate surface area is 94.2 Å². The summed E-state index contributed by atoms with van der Waals surface area (Å²) in [4.78, 5) is 0. The van der Waals surface area contributed by atoms with Crippen LogP contribution in [0.15, 0.2) is 18.2 Å². The number of hydrogen-bond acceptors (Lipinski definition) is 1. The Morgan fingerprint density at radius 3 is 2.64 bits per heavy atom. The molecule has 0 heterocycles. The molecule has 76 valence electrons. The van der Waals surface area contributed by atoms with Gasteiger partial charge in [0.05, 0.1) is 0 Å². The topological polar surface area (TPSA) is 26.0 Å². The predicted molar refractivity (Wildman–Crippen MR) is 60.9 cm³/mol. The quantitative estimate of drug-likeness (QED) is 0.828. The van der Waals surface area contributed by atoms with Crippen LogP contribution in [0.1, 0.15) is 18.9 Å². The Balaban J connectivity index is 2.18. The van der Waals surface area contributed by atoms with Crippen molar-refractivity contribution < 1.29 is 0 Å². The normalized spacial score (nSPS) is 30.4. The van der Waals surface area contributed by atoms with Crippen LogP contribution in [0, 0.1) is 5.92 Å². The van der Waals surface area contributed by atoms with Crippen molar-refractivity contribution in [1.29, 1.82) is 0 Å². The van der Waals surface area contributed by atoms with Gasteiger partial charge in [-0.15, -0.1) is 0 Å². The number of halogens is 2. The molecule has 1 aliphatic rings. The maximum atomic E-state index is 6.14. The second kappa shape index (κ2) is 3.41. The Morgan fingerprint density at radius 1 is 1.50 bits per heavy atom. The van der Waals surface area contributed by atoms with Crippen LogP contribution in [0.5, 0.6) is 0 Å². The van der Waals surface area contributed by atoms with Crippen LogP contribution in [-0.4, -0.2) is 5.54 Å². The van der Waals surface area contributed by atoms with Gasteiger partial charge in [-0.05, 0) is 36.5 Å². The van der Waals surface area contributed by atoms with Crippen molar-refractivity contribution in [2.75, 3.05) is 0 Å². The van der Waals surface area contributed by atoms with Gasteiger partial charge in [0.15, 0.2) is 0 Å². The number of benzene rings is 1. The largest absolute Gasteiger partial charge is 0.325 e. The lowest BCUT2D eigenvalue weighted by Gasteiger charge is -2.11. The molecule has 3 heteroatoms. The summed E-state index contributed by atoms with van der Waals surface area (Å²) in [6, 6.07) is 5.60. The molecule has 2 unspecified atom stereocenters. The zero-order chi connectivity index (χ0) is 10.3. The zero-order valence-corrected chi connectivity index (χ0v) is 9.57. The third kappa shape index (κ3) is 1.90. The highest BCUT2D eigenvalue weighted by atomic mass is 35.5. The maximum Gasteiger partial charge on any atom is 0.0453 e. The van der Waals surface area contributed by atoms with Crippen molar-refractivity contribution in [3.05, 3.63) is 33.8 Å². The molecule has 0 bridgehead atoms. The second-order valence-corrected chi connectivity index (χ2v) is 5.09. The van der Waals surface area contributed by atoms with Crippen molar-refractivity contribution in [3.8, 4) is 0 Å². The van der Waals surface area contributed by atoms with Crippen LogP contribution in [0.25, 0.3) is 0 Å². The summed E-state index contributed by atoms with van der Waals surface area (Å²) >= 11 is 11.9. The van der Waals surface area contributed by atoms with Crippen LogP contribution in [0.3, 0.4) is 0 Å². The van der Waals surface area contributed by atoms with Crippen molar-refractivity contribution in [1.82, 2.24) is 0 Å². The Morgan fingerprint density at radius 2 is 2.14 bits per heavy atom. The highest BCUT2D eigenvalue weighted by Crippen LogP contribution is 2.43. The van der Waals surface area contributed by atoms with Crippen LogP contribution in [0.2, 0.25) is 10.0 Å². The fraction of sp³-hybridized carbons (Fsp3) is 0.455. The fourth-order valence-electron chi connectivity index (χ4n) is 1.78. The van der Waals surface area contributed by atoms with E-state index in [4.69, 9.17) is 28.9 Å². The van der Waals surface area contributed by atoms with E-state index in [1.54, 1.807) is 6.07 Å². The molecule has 2 rings (SSSR count). The zero-order valence-electron chi connectivity index (χ0n) is 8.06. The van der Waals surface area contributed by atoms with Crippen LogP contribution >= 0.6 is 23.2 Å². The average molecular weight is 230 g/mol. The Hall–Kier alpha value is -0.240. The minimum atomic E-state index is -0.0303. The minimum Gasteiger partial charge on any atom is -0.325 e. The summed E-state index contributed by atoms with van der Waals surface area (Å²) in [6.45, 7) is 2.17. The van der Waals surface area contributed by atoms with Crippen molar-refractivity contribution in [2.24, 2.45) is 11.7 Å². The van der Waals surface area contributed by atoms with E-state index in [0.29, 0.717) is 10.9 Å². The lowest BCUT2D eigenvalue weighted by molar-refractivity contribution is 0.615. The van der Waals surface area contributed by atoms with Gasteiger partial charge >= 0.3 is 0 Å². The third-order valence-electron chi connectivity index (χ3n) is 3.04. The van der Waals surface area contributed by atoms with Gasteiger partial charge in [-0.3, -0.25) is 0 Å². The molecule has 1 saturated carbocycles. The SMILES string of the molecule is CC1CC1(N)Cc1ccc(Cl)cc1Cl. The first-order valence-electron chi connectivity index (χ1n) is 4.74. The first-order chi connectivity index (χ1) is 6.51. The summed E-state index contributed by atoms with van der Waals surface area (Å²) < 4.78 is 0. The van der Waals surface area contributed by atoms with Gasteiger partial charge in [-0.1, -0.05) is 36.2 Å². The first kappa shape index (κ1) is 10.3. The number of rotatable bonds is 2. The lowest BCUT2D eigenvalue weighted by Crippen LogP contribution is -2.27. The first-order valence-corrected chi connectivity index (χ1v) is 5.50. The van der Waals surface area contributed by atoms with Crippen LogP contribution in [0.4, 0.5) is 0 Å². The summed E-state index contributed by atoms with van der Waals surface area (Å²) in [7, 11) is 0. The maximum absolute atomic E-state index is 6.14. The van der Waals surface area contributed by atoms with Gasteiger partial charge in [0, 0.05) is 15.6 Å². The van der Waals surface area contributed by atoms with Gasteiger partial charge < -0.3 is 5.73 Å². The molecule has 1 fully saturated rings. The van der Waals surface area contributed by atoms with E-state index in [1.165, 1.54) is 0 Å². The molecular formula is C11H13Cl2N. The summed E-state index contributed by atoms with van der Waals surface area (Å²) in [5, 5.41) is 1.40. The van der Waals surface area contributed by atoms with Crippen LogP contribution in [-0.2, 0) is 6.42 Å². The molecule has 0 radical (unpaired) electrons. The molecular weight excluding hydrogens is 217 g/mol. The van der Waals surface area contributed by atoms with Gasteiger partial charge in [0.1, 0.15) is 0 Å². The Bertz CT molecular complexity index is 364. The highest BCUT2D eigenvalue weighted by molar-refractivity contribution is 6.35. The molecule has 14 heavy (non-hydrogen) atoms. The number of hydrogen-bond donors (Lipinski definition) is 1. The molecule has 0 spiro atoms. The van der Waals surface area contributed by atoms with Gasteiger partial charge in [-0.2, -0.15) is 0 Å². The van der Waals surface area contributed by atoms with E-state index in [9.17, 15) is 0 Å². The summed E-state index contributed by atoms with van der Waals surface area (Å²) in [6.07, 6.45) is 1.94. The summed E-state index contributed by atoms with van der Waals surface area (Å²) in [5.41, 5.74) is 7.21. The monoisotopic (exact) mass is 229 g/mol. The molecule has 2 atom stereocenters. The molecule has 1 nitrogen and oxygen atoms in total. The van der Waals surface area contributed by atoms with Crippen LogP contribution < -0.4 is 5.73 Å². The van der Waals surface area contributed by atoms with Crippen molar-refractivity contribution >= 4 is 23.2 Å². The van der Waals surface area contributed by atoms with E-state index in [0.717, 1.165) is 23.4 Å². The highest BCUT2D eigenvalue weighted by Gasteiger charge is 2.47. The van der Waals surface area contributed by atoms with E-state index >= 15 is 0 Å². The molecule has 1 aromatic carbocycles. The molecule has 2 N–H and O–H groups in total. The van der Waals surface area contributed by atoms with E-state index in [1.807, 2.05) is 12.1 Å². The molecule has 0 amide bonds. The second-order valence-electron chi connectivity index (χ2n) is 4.25. The van der Waals surface area contributed by atoms with Gasteiger partial charge in [0.25, 0.3) is 0 Å². The number of nitrogens with two attached hydrogens (primary N) is 1. The van der Waals surface area contributed by atoms with Gasteiger partial charge in [-0.25, -0.2) is 0 Å². The molecule has 0 saturated heterocycles. The standard InChI is InChI=1S/C11H13Cl2N/c1-7-5-11(7,14)6-8-2-3-9(12)4-10(8)13/h2-4,7H,5-6,14H2,1H3. The predicted octanol–water partition coefficient (Wildman–Crippen LogP) is 3.27. The minimum absolute atomic E-state index is 0.0303. The fourth-order valence-corrected chi connectivity index (χ4v) is 2.25. The third-order valence-corrected chi connectivity index (χ3v) is 3.63. The van der Waals surface area contributed by atoms with Crippen molar-refractivity contribution in [3.63, 3.8) is 0 Å². The van der Waals surface area contributed by atoms with Gasteiger partial charge in [0.2, 0.25) is 0 Å². The van der Waals surface area contributed by atoms with E-state index in [-0.39, 0.29) is 5.54 Å². The smallest absolute Gasteiger partial charge is 0.0453 e. The molecule has 1 aliphatic carbocycles. The summed E-state index contributed by atoms with van der Waals surface area (Å²) in [5.74, 6) is 0.606. The lowest BCUT2D eigenvalue weighted by atomic mass is 10.0. The molecule has 1 aromatic rings. The Kier molecular flexibility index (Phi) is 2.50. The molecule has 0 aliphatic heterocycles. The van der Waals surface area contributed by atoms with E-state index < -0.39 is 0 Å².